The highest BCUT2D eigenvalue weighted by atomic mass is 32.1. The smallest absolute Gasteiger partial charge is 0.335 e. The average molecular weight is 146 g/mol. The Balaban J connectivity index is 4.05. The minimum Gasteiger partial charge on any atom is -0.478 e. The molecule has 0 aliphatic heterocycles. The van der Waals surface area contributed by atoms with Crippen LogP contribution >= 0.6 is 12.2 Å². The van der Waals surface area contributed by atoms with Crippen molar-refractivity contribution < 1.29 is 9.90 Å². The number of carbonyl (C=O) groups is 1. The van der Waals surface area contributed by atoms with E-state index in [0.29, 0.717) is 14.7 Å². The van der Waals surface area contributed by atoms with Crippen molar-refractivity contribution in [2.45, 2.75) is 0 Å². The van der Waals surface area contributed by atoms with Crippen molar-refractivity contribution in [2.75, 3.05) is 0 Å². The van der Waals surface area contributed by atoms with Gasteiger partial charge in [-0.1, -0.05) is 18.8 Å². The quantitative estimate of drug-likeness (QED) is 0.319. The van der Waals surface area contributed by atoms with Gasteiger partial charge in [-0.3, -0.25) is 0 Å². The lowest BCUT2D eigenvalue weighted by Crippen LogP contribution is -2.07. The standard InChI is InChI=1S/C4H6O2SSi/c1-2(3(5)6)4(7)8/h1H2,8H3,(H,5,6). The first kappa shape index (κ1) is 7.52. The lowest BCUT2D eigenvalue weighted by molar-refractivity contribution is -0.131. The molecule has 0 aliphatic rings. The zero-order valence-electron chi connectivity index (χ0n) is 4.47. The van der Waals surface area contributed by atoms with E-state index >= 15 is 0 Å². The summed E-state index contributed by atoms with van der Waals surface area (Å²) in [4.78, 5) is 9.98. The molecule has 0 aromatic carbocycles. The van der Waals surface area contributed by atoms with E-state index in [1.165, 1.54) is 0 Å². The summed E-state index contributed by atoms with van der Waals surface area (Å²) in [6.45, 7) is 3.25. The number of rotatable bonds is 2. The minimum atomic E-state index is -1.01. The Morgan fingerprint density at radius 3 is 2.12 bits per heavy atom. The maximum absolute atomic E-state index is 9.98. The Hall–Kier alpha value is -0.483. The highest BCUT2D eigenvalue weighted by Gasteiger charge is 2.02. The minimum absolute atomic E-state index is 0.0617. The third kappa shape index (κ3) is 1.99. The molecule has 0 fully saturated rings. The maximum atomic E-state index is 9.98. The zero-order valence-corrected chi connectivity index (χ0v) is 7.29. The average Bonchev–Trinajstić information content (AvgIpc) is 1.64. The third-order valence-corrected chi connectivity index (χ3v) is 1.53. The van der Waals surface area contributed by atoms with Crippen LogP contribution < -0.4 is 0 Å². The van der Waals surface area contributed by atoms with Crippen molar-refractivity contribution in [1.29, 1.82) is 0 Å². The molecule has 0 spiro atoms. The van der Waals surface area contributed by atoms with Crippen molar-refractivity contribution >= 4 is 32.9 Å². The summed E-state index contributed by atoms with van der Waals surface area (Å²) in [5.41, 5.74) is 0.0617. The predicted octanol–water partition coefficient (Wildman–Crippen LogP) is -0.680. The Morgan fingerprint density at radius 1 is 1.75 bits per heavy atom. The second-order valence-electron chi connectivity index (χ2n) is 1.34. The summed E-state index contributed by atoms with van der Waals surface area (Å²) in [7, 11) is 0.602. The monoisotopic (exact) mass is 146 g/mol. The Bertz CT molecular complexity index is 136. The summed E-state index contributed by atoms with van der Waals surface area (Å²) < 4.78 is 0.470. The van der Waals surface area contributed by atoms with Crippen LogP contribution in [0.1, 0.15) is 0 Å². The van der Waals surface area contributed by atoms with Crippen LogP contribution in [0.15, 0.2) is 12.2 Å². The lowest BCUT2D eigenvalue weighted by atomic mass is 10.4. The van der Waals surface area contributed by atoms with E-state index in [1.54, 1.807) is 0 Å². The molecular weight excluding hydrogens is 140 g/mol. The molecule has 0 radical (unpaired) electrons. The van der Waals surface area contributed by atoms with Gasteiger partial charge in [0.15, 0.2) is 0 Å². The van der Waals surface area contributed by atoms with Crippen LogP contribution in [0.2, 0.25) is 0 Å². The normalized spacial score (nSPS) is 8.50. The Labute approximate surface area is 55.6 Å². The van der Waals surface area contributed by atoms with E-state index in [0.717, 1.165) is 0 Å². The molecule has 0 aromatic heterocycles. The van der Waals surface area contributed by atoms with Crippen molar-refractivity contribution in [3.8, 4) is 0 Å². The molecule has 1 N–H and O–H groups in total. The third-order valence-electron chi connectivity index (χ3n) is 0.683. The fourth-order valence-corrected chi connectivity index (χ4v) is 0.452. The molecule has 0 atom stereocenters. The van der Waals surface area contributed by atoms with Gasteiger partial charge in [0.25, 0.3) is 0 Å². The first-order valence-electron chi connectivity index (χ1n) is 1.99. The van der Waals surface area contributed by atoms with Gasteiger partial charge in [0.05, 0.1) is 15.8 Å². The lowest BCUT2D eigenvalue weighted by Gasteiger charge is -1.91. The molecule has 2 nitrogen and oxygen atoms in total. The van der Waals surface area contributed by atoms with Crippen molar-refractivity contribution in [3.63, 3.8) is 0 Å². The number of carboxylic acids is 1. The number of carboxylic acid groups (broad SMARTS) is 1. The van der Waals surface area contributed by atoms with Gasteiger partial charge in [0, 0.05) is 4.49 Å². The van der Waals surface area contributed by atoms with Crippen LogP contribution in [0.3, 0.4) is 0 Å². The van der Waals surface area contributed by atoms with Gasteiger partial charge in [-0.25, -0.2) is 4.79 Å². The van der Waals surface area contributed by atoms with Gasteiger partial charge in [0.1, 0.15) is 0 Å². The summed E-state index contributed by atoms with van der Waals surface area (Å²) in [6.07, 6.45) is 0. The van der Waals surface area contributed by atoms with E-state index in [-0.39, 0.29) is 5.57 Å². The summed E-state index contributed by atoms with van der Waals surface area (Å²) in [5.74, 6) is -1.01. The van der Waals surface area contributed by atoms with Crippen LogP contribution in [0.25, 0.3) is 0 Å². The van der Waals surface area contributed by atoms with Gasteiger partial charge < -0.3 is 5.11 Å². The van der Waals surface area contributed by atoms with Gasteiger partial charge in [0.2, 0.25) is 0 Å². The first-order chi connectivity index (χ1) is 3.55. The Kier molecular flexibility index (Phi) is 2.57. The summed E-state index contributed by atoms with van der Waals surface area (Å²) in [6, 6.07) is 0. The molecule has 0 heterocycles. The summed E-state index contributed by atoms with van der Waals surface area (Å²) >= 11 is 4.58. The molecule has 44 valence electrons. The van der Waals surface area contributed by atoms with Crippen molar-refractivity contribution in [2.24, 2.45) is 0 Å². The molecule has 0 unspecified atom stereocenters. The topological polar surface area (TPSA) is 37.3 Å². The predicted molar refractivity (Wildman–Crippen MR) is 39.3 cm³/mol. The molecule has 0 amide bonds. The fraction of sp³-hybridized carbons (Fsp3) is 0. The maximum Gasteiger partial charge on any atom is 0.335 e. The van der Waals surface area contributed by atoms with E-state index < -0.39 is 5.97 Å². The highest BCUT2D eigenvalue weighted by molar-refractivity contribution is 7.83. The molecule has 0 aliphatic carbocycles. The second kappa shape index (κ2) is 2.73. The van der Waals surface area contributed by atoms with E-state index in [4.69, 9.17) is 5.11 Å². The number of aliphatic carboxylic acids is 1. The number of hydrogen-bond donors (Lipinski definition) is 1. The Morgan fingerprint density at radius 2 is 2.12 bits per heavy atom. The van der Waals surface area contributed by atoms with Crippen LogP contribution in [-0.2, 0) is 4.79 Å². The molecule has 0 rings (SSSR count). The fourth-order valence-electron chi connectivity index (χ4n) is 0.151. The van der Waals surface area contributed by atoms with E-state index in [2.05, 4.69) is 18.8 Å². The van der Waals surface area contributed by atoms with Gasteiger partial charge in [-0.15, -0.1) is 0 Å². The van der Waals surface area contributed by atoms with E-state index in [1.807, 2.05) is 0 Å². The van der Waals surface area contributed by atoms with Crippen LogP contribution in [0, 0.1) is 0 Å². The molecule has 0 bridgehead atoms. The number of thiocarbonyl (C=S) groups is 1. The molecule has 0 saturated carbocycles. The van der Waals surface area contributed by atoms with Crippen LogP contribution in [0.5, 0.6) is 0 Å². The SMILES string of the molecule is C=C(C(=O)O)C([SiH3])=S. The van der Waals surface area contributed by atoms with Gasteiger partial charge in [-0.2, -0.15) is 0 Å². The molecule has 4 heteroatoms. The van der Waals surface area contributed by atoms with Crippen molar-refractivity contribution in [1.82, 2.24) is 0 Å². The van der Waals surface area contributed by atoms with Gasteiger partial charge in [-0.05, 0) is 0 Å². The van der Waals surface area contributed by atoms with Crippen LogP contribution in [-0.4, -0.2) is 25.8 Å². The van der Waals surface area contributed by atoms with Crippen molar-refractivity contribution in [3.05, 3.63) is 12.2 Å². The highest BCUT2D eigenvalue weighted by Crippen LogP contribution is 1.89. The molecule has 8 heavy (non-hydrogen) atoms. The largest absolute Gasteiger partial charge is 0.478 e. The van der Waals surface area contributed by atoms with Gasteiger partial charge >= 0.3 is 5.97 Å². The summed E-state index contributed by atoms with van der Waals surface area (Å²) in [5, 5.41) is 8.19. The molecular formula is C4H6O2SSi. The van der Waals surface area contributed by atoms with E-state index in [9.17, 15) is 4.79 Å². The first-order valence-corrected chi connectivity index (χ1v) is 3.39. The zero-order chi connectivity index (χ0) is 6.73. The molecule has 0 saturated heterocycles. The second-order valence-corrected chi connectivity index (χ2v) is 3.68. The van der Waals surface area contributed by atoms with Crippen LogP contribution in [0.4, 0.5) is 0 Å². The number of hydrogen-bond acceptors (Lipinski definition) is 2. The molecule has 0 aromatic rings.